The van der Waals surface area contributed by atoms with Crippen LogP contribution in [0.3, 0.4) is 0 Å². The van der Waals surface area contributed by atoms with Crippen molar-refractivity contribution >= 4 is 5.97 Å². The van der Waals surface area contributed by atoms with Crippen LogP contribution in [-0.2, 0) is 9.53 Å². The highest BCUT2D eigenvalue weighted by Crippen LogP contribution is 2.28. The molecular weight excluding hydrogens is 290 g/mol. The minimum atomic E-state index is -0.377. The zero-order valence-electron chi connectivity index (χ0n) is 13.8. The molecule has 4 heteroatoms. The minimum absolute atomic E-state index is 0.175. The van der Waals surface area contributed by atoms with Crippen LogP contribution >= 0.6 is 0 Å². The van der Waals surface area contributed by atoms with Crippen LogP contribution in [0.4, 0.5) is 0 Å². The molecule has 23 heavy (non-hydrogen) atoms. The second kappa shape index (κ2) is 7.79. The third-order valence-electron chi connectivity index (χ3n) is 3.62. The molecule has 0 fully saturated rings. The van der Waals surface area contributed by atoms with Crippen molar-refractivity contribution in [2.75, 3.05) is 13.7 Å². The van der Waals surface area contributed by atoms with Crippen molar-refractivity contribution in [3.8, 4) is 16.9 Å². The number of aryl methyl sites for hydroxylation is 1. The number of hydrogen-bond acceptors (Lipinski definition) is 4. The van der Waals surface area contributed by atoms with Gasteiger partial charge in [-0.05, 0) is 48.7 Å². The Bertz CT molecular complexity index is 682. The Hall–Kier alpha value is -2.33. The molecule has 1 unspecified atom stereocenters. The number of benzene rings is 2. The SMILES string of the molecule is CCOC(=O)CC(N)c1cc(C)cc(-c2cccc(OC)c2)c1. The maximum Gasteiger partial charge on any atom is 0.307 e. The summed E-state index contributed by atoms with van der Waals surface area (Å²) < 4.78 is 10.3. The van der Waals surface area contributed by atoms with Crippen LogP contribution in [0.2, 0.25) is 0 Å². The summed E-state index contributed by atoms with van der Waals surface area (Å²) in [6.45, 7) is 4.18. The number of carbonyl (C=O) groups excluding carboxylic acids is 1. The first-order chi connectivity index (χ1) is 11.0. The number of ether oxygens (including phenoxy) is 2. The van der Waals surface area contributed by atoms with E-state index in [1.165, 1.54) is 0 Å². The average molecular weight is 313 g/mol. The van der Waals surface area contributed by atoms with Gasteiger partial charge in [-0.3, -0.25) is 4.79 Å². The van der Waals surface area contributed by atoms with E-state index < -0.39 is 0 Å². The third kappa shape index (κ3) is 4.57. The van der Waals surface area contributed by atoms with Gasteiger partial charge in [0.1, 0.15) is 5.75 Å². The monoisotopic (exact) mass is 313 g/mol. The molecule has 2 rings (SSSR count). The Kier molecular flexibility index (Phi) is 5.77. The first kappa shape index (κ1) is 17.0. The van der Waals surface area contributed by atoms with Gasteiger partial charge in [-0.1, -0.05) is 29.8 Å². The largest absolute Gasteiger partial charge is 0.497 e. The minimum Gasteiger partial charge on any atom is -0.497 e. The van der Waals surface area contributed by atoms with Gasteiger partial charge in [-0.15, -0.1) is 0 Å². The zero-order chi connectivity index (χ0) is 16.8. The molecule has 0 amide bonds. The van der Waals surface area contributed by atoms with Crippen molar-refractivity contribution in [3.63, 3.8) is 0 Å². The van der Waals surface area contributed by atoms with Gasteiger partial charge in [0.2, 0.25) is 0 Å². The second-order valence-corrected chi connectivity index (χ2v) is 5.48. The van der Waals surface area contributed by atoms with Gasteiger partial charge >= 0.3 is 5.97 Å². The van der Waals surface area contributed by atoms with Crippen LogP contribution in [-0.4, -0.2) is 19.7 Å². The Balaban J connectivity index is 2.29. The lowest BCUT2D eigenvalue weighted by Crippen LogP contribution is -2.17. The van der Waals surface area contributed by atoms with Crippen molar-refractivity contribution in [2.24, 2.45) is 5.73 Å². The first-order valence-electron chi connectivity index (χ1n) is 7.70. The van der Waals surface area contributed by atoms with Crippen LogP contribution in [0.1, 0.15) is 30.5 Å². The molecule has 0 aliphatic rings. The highest BCUT2D eigenvalue weighted by molar-refractivity contribution is 5.71. The molecule has 0 spiro atoms. The summed E-state index contributed by atoms with van der Waals surface area (Å²) in [4.78, 5) is 11.6. The lowest BCUT2D eigenvalue weighted by molar-refractivity contribution is -0.143. The van der Waals surface area contributed by atoms with E-state index >= 15 is 0 Å². The lowest BCUT2D eigenvalue weighted by atomic mass is 9.96. The van der Waals surface area contributed by atoms with E-state index in [0.717, 1.165) is 28.0 Å². The van der Waals surface area contributed by atoms with Crippen molar-refractivity contribution in [3.05, 3.63) is 53.6 Å². The highest BCUT2D eigenvalue weighted by atomic mass is 16.5. The summed E-state index contributed by atoms with van der Waals surface area (Å²) in [5.74, 6) is 0.533. The van der Waals surface area contributed by atoms with Crippen molar-refractivity contribution in [1.29, 1.82) is 0 Å². The van der Waals surface area contributed by atoms with Crippen LogP contribution in [0.5, 0.6) is 5.75 Å². The van der Waals surface area contributed by atoms with Gasteiger partial charge in [0.25, 0.3) is 0 Å². The Morgan fingerprint density at radius 1 is 1.17 bits per heavy atom. The van der Waals surface area contributed by atoms with E-state index in [0.29, 0.717) is 6.61 Å². The summed E-state index contributed by atoms with van der Waals surface area (Å²) in [7, 11) is 1.65. The maximum atomic E-state index is 11.6. The van der Waals surface area contributed by atoms with E-state index in [4.69, 9.17) is 15.2 Å². The molecule has 1 atom stereocenters. The van der Waals surface area contributed by atoms with Gasteiger partial charge in [-0.25, -0.2) is 0 Å². The summed E-state index contributed by atoms with van der Waals surface area (Å²) in [5, 5.41) is 0. The molecule has 4 nitrogen and oxygen atoms in total. The molecule has 0 bridgehead atoms. The summed E-state index contributed by atoms with van der Waals surface area (Å²) >= 11 is 0. The number of carbonyl (C=O) groups is 1. The Morgan fingerprint density at radius 2 is 1.96 bits per heavy atom. The smallest absolute Gasteiger partial charge is 0.307 e. The fraction of sp³-hybridized carbons (Fsp3) is 0.316. The second-order valence-electron chi connectivity index (χ2n) is 5.48. The van der Waals surface area contributed by atoms with Crippen LogP contribution in [0, 0.1) is 6.92 Å². The zero-order valence-corrected chi connectivity index (χ0v) is 13.8. The van der Waals surface area contributed by atoms with Gasteiger partial charge in [-0.2, -0.15) is 0 Å². The number of methoxy groups -OCH3 is 1. The Labute approximate surface area is 137 Å². The topological polar surface area (TPSA) is 61.5 Å². The lowest BCUT2D eigenvalue weighted by Gasteiger charge is -2.14. The van der Waals surface area contributed by atoms with Crippen molar-refractivity contribution in [2.45, 2.75) is 26.3 Å². The predicted molar refractivity (Wildman–Crippen MR) is 91.3 cm³/mol. The van der Waals surface area contributed by atoms with Gasteiger partial charge < -0.3 is 15.2 Å². The van der Waals surface area contributed by atoms with Gasteiger partial charge in [0, 0.05) is 6.04 Å². The predicted octanol–water partition coefficient (Wildman–Crippen LogP) is 3.62. The molecule has 0 aromatic heterocycles. The van der Waals surface area contributed by atoms with Crippen molar-refractivity contribution in [1.82, 2.24) is 0 Å². The molecule has 0 aliphatic carbocycles. The van der Waals surface area contributed by atoms with Crippen molar-refractivity contribution < 1.29 is 14.3 Å². The summed E-state index contributed by atoms with van der Waals surface area (Å²) in [6.07, 6.45) is 0.175. The molecule has 2 aromatic carbocycles. The fourth-order valence-electron chi connectivity index (χ4n) is 2.51. The standard InChI is InChI=1S/C19H23NO3/c1-4-23-19(21)12-18(20)16-9-13(2)8-15(10-16)14-6-5-7-17(11-14)22-3/h5-11,18H,4,12,20H2,1-3H3. The average Bonchev–Trinajstić information content (AvgIpc) is 2.54. The fourth-order valence-corrected chi connectivity index (χ4v) is 2.51. The number of hydrogen-bond donors (Lipinski definition) is 1. The summed E-state index contributed by atoms with van der Waals surface area (Å²) in [6, 6.07) is 13.6. The highest BCUT2D eigenvalue weighted by Gasteiger charge is 2.14. The Morgan fingerprint density at radius 3 is 2.65 bits per heavy atom. The molecule has 0 saturated carbocycles. The van der Waals surface area contributed by atoms with E-state index in [2.05, 4.69) is 6.07 Å². The van der Waals surface area contributed by atoms with E-state index in [9.17, 15) is 4.79 Å². The normalized spacial score (nSPS) is 11.8. The molecule has 0 saturated heterocycles. The van der Waals surface area contributed by atoms with E-state index in [1.807, 2.05) is 43.3 Å². The van der Waals surface area contributed by atoms with Crippen LogP contribution in [0.25, 0.3) is 11.1 Å². The third-order valence-corrected chi connectivity index (χ3v) is 3.62. The quantitative estimate of drug-likeness (QED) is 0.827. The van der Waals surface area contributed by atoms with Gasteiger partial charge in [0.15, 0.2) is 0 Å². The van der Waals surface area contributed by atoms with Crippen LogP contribution < -0.4 is 10.5 Å². The maximum absolute atomic E-state index is 11.6. The number of rotatable bonds is 6. The number of esters is 1. The molecule has 0 radical (unpaired) electrons. The van der Waals surface area contributed by atoms with E-state index in [1.54, 1.807) is 14.0 Å². The summed E-state index contributed by atoms with van der Waals surface area (Å²) in [5.41, 5.74) is 10.3. The van der Waals surface area contributed by atoms with Crippen LogP contribution in [0.15, 0.2) is 42.5 Å². The van der Waals surface area contributed by atoms with E-state index in [-0.39, 0.29) is 18.4 Å². The first-order valence-corrected chi connectivity index (χ1v) is 7.70. The van der Waals surface area contributed by atoms with Gasteiger partial charge in [0.05, 0.1) is 20.1 Å². The molecule has 122 valence electrons. The molecule has 0 heterocycles. The molecule has 2 N–H and O–H groups in total. The molecule has 2 aromatic rings. The molecule has 0 aliphatic heterocycles. The molecular formula is C19H23NO3. The number of nitrogens with two attached hydrogens (primary N) is 1.